The van der Waals surface area contributed by atoms with Crippen LogP contribution >= 0.6 is 0 Å². The van der Waals surface area contributed by atoms with Crippen molar-refractivity contribution in [2.24, 2.45) is 4.40 Å². The van der Waals surface area contributed by atoms with Gasteiger partial charge in [-0.15, -0.1) is 0 Å². The lowest BCUT2D eigenvalue weighted by molar-refractivity contribution is 0.598. The van der Waals surface area contributed by atoms with Gasteiger partial charge in [-0.05, 0) is 18.6 Å². The predicted octanol–water partition coefficient (Wildman–Crippen LogP) is 1.86. The molecule has 0 unspecified atom stereocenters. The molecule has 3 nitrogen and oxygen atoms in total. The predicted molar refractivity (Wildman–Crippen MR) is 52.4 cm³/mol. The van der Waals surface area contributed by atoms with Gasteiger partial charge >= 0.3 is 0 Å². The van der Waals surface area contributed by atoms with E-state index in [1.54, 1.807) is 18.2 Å². The SMILES string of the molecule is CC/C=N/S(=O)(=O)c1ccccc1. The molecule has 0 spiro atoms. The van der Waals surface area contributed by atoms with Gasteiger partial charge in [-0.1, -0.05) is 25.1 Å². The largest absolute Gasteiger partial charge is 0.281 e. The Balaban J connectivity index is 3.02. The van der Waals surface area contributed by atoms with E-state index in [9.17, 15) is 8.42 Å². The first-order valence-electron chi connectivity index (χ1n) is 4.00. The summed E-state index contributed by atoms with van der Waals surface area (Å²) in [5, 5.41) is 0. The summed E-state index contributed by atoms with van der Waals surface area (Å²) in [4.78, 5) is 0.236. The average molecular weight is 197 g/mol. The molecule has 70 valence electrons. The molecule has 0 fully saturated rings. The molecular weight excluding hydrogens is 186 g/mol. The van der Waals surface area contributed by atoms with Crippen molar-refractivity contribution in [1.82, 2.24) is 0 Å². The highest BCUT2D eigenvalue weighted by Crippen LogP contribution is 2.10. The summed E-state index contributed by atoms with van der Waals surface area (Å²) >= 11 is 0. The molecule has 0 amide bonds. The van der Waals surface area contributed by atoms with Gasteiger partial charge in [0.15, 0.2) is 0 Å². The molecule has 0 radical (unpaired) electrons. The lowest BCUT2D eigenvalue weighted by atomic mass is 10.4. The number of sulfonamides is 1. The average Bonchev–Trinajstić information content (AvgIpc) is 2.16. The summed E-state index contributed by atoms with van der Waals surface area (Å²) in [5.41, 5.74) is 0. The van der Waals surface area contributed by atoms with Crippen molar-refractivity contribution in [2.75, 3.05) is 0 Å². The minimum atomic E-state index is -3.45. The minimum absolute atomic E-state index is 0.236. The van der Waals surface area contributed by atoms with Crippen molar-refractivity contribution < 1.29 is 8.42 Å². The van der Waals surface area contributed by atoms with Crippen LogP contribution in [-0.4, -0.2) is 14.6 Å². The molecule has 4 heteroatoms. The zero-order chi connectivity index (χ0) is 9.73. The topological polar surface area (TPSA) is 46.5 Å². The fourth-order valence-electron chi connectivity index (χ4n) is 0.826. The summed E-state index contributed by atoms with van der Waals surface area (Å²) in [6.45, 7) is 1.84. The molecule has 0 aliphatic carbocycles. The minimum Gasteiger partial charge on any atom is -0.199 e. The van der Waals surface area contributed by atoms with Gasteiger partial charge in [0.2, 0.25) is 0 Å². The third-order valence-corrected chi connectivity index (χ3v) is 2.73. The van der Waals surface area contributed by atoms with Crippen molar-refractivity contribution in [2.45, 2.75) is 18.2 Å². The van der Waals surface area contributed by atoms with Crippen molar-refractivity contribution in [1.29, 1.82) is 0 Å². The van der Waals surface area contributed by atoms with Crippen molar-refractivity contribution in [3.8, 4) is 0 Å². The number of hydrogen-bond acceptors (Lipinski definition) is 2. The summed E-state index contributed by atoms with van der Waals surface area (Å²) in [6.07, 6.45) is 2.01. The molecule has 0 atom stereocenters. The van der Waals surface area contributed by atoms with Gasteiger partial charge in [0.1, 0.15) is 0 Å². The Bertz CT molecular complexity index is 381. The molecule has 13 heavy (non-hydrogen) atoms. The van der Waals surface area contributed by atoms with Crippen molar-refractivity contribution in [3.05, 3.63) is 30.3 Å². The third-order valence-electron chi connectivity index (χ3n) is 1.44. The summed E-state index contributed by atoms with van der Waals surface area (Å²) in [5.74, 6) is 0. The fourth-order valence-corrected chi connectivity index (χ4v) is 1.79. The number of benzene rings is 1. The zero-order valence-corrected chi connectivity index (χ0v) is 8.16. The molecule has 1 aromatic rings. The van der Waals surface area contributed by atoms with E-state index in [-0.39, 0.29) is 4.90 Å². The van der Waals surface area contributed by atoms with E-state index in [0.717, 1.165) is 0 Å². The highest BCUT2D eigenvalue weighted by atomic mass is 32.2. The van der Waals surface area contributed by atoms with Crippen LogP contribution in [-0.2, 0) is 10.0 Å². The van der Waals surface area contributed by atoms with E-state index in [2.05, 4.69) is 4.40 Å². The Hall–Kier alpha value is -1.16. The molecule has 0 saturated heterocycles. The molecule has 1 aromatic carbocycles. The lowest BCUT2D eigenvalue weighted by Gasteiger charge is -1.95. The van der Waals surface area contributed by atoms with Gasteiger partial charge in [0.25, 0.3) is 10.0 Å². The van der Waals surface area contributed by atoms with Crippen LogP contribution in [0.3, 0.4) is 0 Å². The van der Waals surface area contributed by atoms with E-state index >= 15 is 0 Å². The molecule has 0 saturated carbocycles. The first-order chi connectivity index (χ1) is 6.17. The molecular formula is C9H11NO2S. The van der Waals surface area contributed by atoms with Crippen LogP contribution in [0.5, 0.6) is 0 Å². The van der Waals surface area contributed by atoms with Gasteiger partial charge in [-0.3, -0.25) is 0 Å². The fraction of sp³-hybridized carbons (Fsp3) is 0.222. The molecule has 1 rings (SSSR count). The maximum Gasteiger partial charge on any atom is 0.281 e. The maximum absolute atomic E-state index is 11.4. The second-order valence-electron chi connectivity index (χ2n) is 2.48. The van der Waals surface area contributed by atoms with E-state index in [0.29, 0.717) is 6.42 Å². The second-order valence-corrected chi connectivity index (χ2v) is 4.12. The highest BCUT2D eigenvalue weighted by Gasteiger charge is 2.09. The van der Waals surface area contributed by atoms with Crippen LogP contribution in [0.4, 0.5) is 0 Å². The van der Waals surface area contributed by atoms with E-state index in [1.807, 2.05) is 6.92 Å². The van der Waals surface area contributed by atoms with Gasteiger partial charge in [0, 0.05) is 6.21 Å². The standard InChI is InChI=1S/C9H11NO2S/c1-2-8-10-13(11,12)9-6-4-3-5-7-9/h3-8H,2H2,1H3/b10-8+. The summed E-state index contributed by atoms with van der Waals surface area (Å²) in [6, 6.07) is 8.18. The Morgan fingerprint density at radius 1 is 1.31 bits per heavy atom. The monoisotopic (exact) mass is 197 g/mol. The van der Waals surface area contributed by atoms with Crippen molar-refractivity contribution in [3.63, 3.8) is 0 Å². The first-order valence-corrected chi connectivity index (χ1v) is 5.44. The highest BCUT2D eigenvalue weighted by molar-refractivity contribution is 7.90. The number of hydrogen-bond donors (Lipinski definition) is 0. The van der Waals surface area contributed by atoms with Crippen LogP contribution in [0.1, 0.15) is 13.3 Å². The van der Waals surface area contributed by atoms with Gasteiger partial charge < -0.3 is 0 Å². The summed E-state index contributed by atoms with van der Waals surface area (Å²) < 4.78 is 26.3. The molecule has 0 aliphatic rings. The normalized spacial score (nSPS) is 12.1. The van der Waals surface area contributed by atoms with E-state index < -0.39 is 10.0 Å². The van der Waals surface area contributed by atoms with E-state index in [1.165, 1.54) is 18.3 Å². The van der Waals surface area contributed by atoms with Gasteiger partial charge in [-0.2, -0.15) is 12.8 Å². The van der Waals surface area contributed by atoms with Crippen LogP contribution in [0.25, 0.3) is 0 Å². The van der Waals surface area contributed by atoms with Crippen molar-refractivity contribution >= 4 is 16.2 Å². The third kappa shape index (κ3) is 2.66. The molecule has 0 N–H and O–H groups in total. The second kappa shape index (κ2) is 4.18. The van der Waals surface area contributed by atoms with E-state index in [4.69, 9.17) is 0 Å². The zero-order valence-electron chi connectivity index (χ0n) is 7.34. The first kappa shape index (κ1) is 9.92. The number of nitrogens with zero attached hydrogens (tertiary/aromatic N) is 1. The van der Waals surface area contributed by atoms with Crippen LogP contribution < -0.4 is 0 Å². The van der Waals surface area contributed by atoms with Gasteiger partial charge in [-0.25, -0.2) is 0 Å². The Kier molecular flexibility index (Phi) is 3.19. The van der Waals surface area contributed by atoms with Crippen LogP contribution in [0, 0.1) is 0 Å². The van der Waals surface area contributed by atoms with Crippen LogP contribution in [0.15, 0.2) is 39.6 Å². The molecule has 0 aliphatic heterocycles. The quantitative estimate of drug-likeness (QED) is 0.694. The Labute approximate surface area is 78.2 Å². The summed E-state index contributed by atoms with van der Waals surface area (Å²) in [7, 11) is -3.45. The van der Waals surface area contributed by atoms with Gasteiger partial charge in [0.05, 0.1) is 4.90 Å². The maximum atomic E-state index is 11.4. The Morgan fingerprint density at radius 3 is 2.46 bits per heavy atom. The lowest BCUT2D eigenvalue weighted by Crippen LogP contribution is -1.96. The smallest absolute Gasteiger partial charge is 0.199 e. The molecule has 0 aromatic heterocycles. The van der Waals surface area contributed by atoms with Crippen LogP contribution in [0.2, 0.25) is 0 Å². The molecule has 0 bridgehead atoms. The molecule has 0 heterocycles. The number of rotatable bonds is 3. The Morgan fingerprint density at radius 2 is 1.92 bits per heavy atom.